The molecule has 0 aromatic heterocycles. The second-order valence-corrected chi connectivity index (χ2v) is 7.52. The van der Waals surface area contributed by atoms with Gasteiger partial charge in [0.15, 0.2) is 23.0 Å². The minimum Gasteiger partial charge on any atom is -0.493 e. The van der Waals surface area contributed by atoms with E-state index in [1.807, 2.05) is 0 Å². The lowest BCUT2D eigenvalue weighted by Crippen LogP contribution is -2.46. The Balaban J connectivity index is 1.37. The standard InChI is InChI=1S/C23H26N2O7/c1-28-19-11-15(12-20(29-2)21(19)30-3)22(26)24-16-6-8-25(9-7-16)23(27)14-4-5-17-18(10-14)32-13-31-17/h4-5,10-12,16H,6-9,13H2,1-3H3,(H,24,26). The van der Waals surface area contributed by atoms with Crippen LogP contribution in [0.4, 0.5) is 0 Å². The summed E-state index contributed by atoms with van der Waals surface area (Å²) in [4.78, 5) is 27.5. The molecule has 9 heteroatoms. The van der Waals surface area contributed by atoms with Crippen molar-refractivity contribution in [1.82, 2.24) is 10.2 Å². The molecular weight excluding hydrogens is 416 g/mol. The molecule has 2 heterocycles. The Morgan fingerprint density at radius 2 is 1.56 bits per heavy atom. The second-order valence-electron chi connectivity index (χ2n) is 7.52. The number of rotatable bonds is 6. The molecule has 4 rings (SSSR count). The first-order valence-corrected chi connectivity index (χ1v) is 10.3. The highest BCUT2D eigenvalue weighted by Crippen LogP contribution is 2.38. The maximum absolute atomic E-state index is 12.9. The fourth-order valence-electron chi connectivity index (χ4n) is 3.92. The Kier molecular flexibility index (Phi) is 6.25. The van der Waals surface area contributed by atoms with Crippen LogP contribution in [0, 0.1) is 0 Å². The average Bonchev–Trinajstić information content (AvgIpc) is 3.31. The van der Waals surface area contributed by atoms with Crippen LogP contribution in [0.1, 0.15) is 33.6 Å². The van der Waals surface area contributed by atoms with Crippen molar-refractivity contribution in [3.63, 3.8) is 0 Å². The first-order chi connectivity index (χ1) is 15.5. The molecule has 2 aliphatic rings. The molecule has 1 fully saturated rings. The van der Waals surface area contributed by atoms with Crippen molar-refractivity contribution in [2.75, 3.05) is 41.2 Å². The average molecular weight is 442 g/mol. The van der Waals surface area contributed by atoms with Gasteiger partial charge >= 0.3 is 0 Å². The van der Waals surface area contributed by atoms with Crippen LogP contribution in [0.25, 0.3) is 0 Å². The van der Waals surface area contributed by atoms with Gasteiger partial charge in [0.1, 0.15) is 0 Å². The summed E-state index contributed by atoms with van der Waals surface area (Å²) in [7, 11) is 4.52. The largest absolute Gasteiger partial charge is 0.493 e. The highest BCUT2D eigenvalue weighted by Gasteiger charge is 2.27. The van der Waals surface area contributed by atoms with Gasteiger partial charge in [0.2, 0.25) is 12.5 Å². The minimum absolute atomic E-state index is 0.0394. The Labute approximate surface area is 186 Å². The van der Waals surface area contributed by atoms with E-state index in [-0.39, 0.29) is 24.6 Å². The van der Waals surface area contributed by atoms with Gasteiger partial charge in [0.05, 0.1) is 21.3 Å². The van der Waals surface area contributed by atoms with Crippen LogP contribution in [0.2, 0.25) is 0 Å². The predicted molar refractivity (Wildman–Crippen MR) is 115 cm³/mol. The summed E-state index contributed by atoms with van der Waals surface area (Å²) < 4.78 is 26.6. The lowest BCUT2D eigenvalue weighted by Gasteiger charge is -2.32. The third-order valence-electron chi connectivity index (χ3n) is 5.66. The van der Waals surface area contributed by atoms with Gasteiger partial charge in [-0.25, -0.2) is 0 Å². The van der Waals surface area contributed by atoms with E-state index in [1.54, 1.807) is 35.2 Å². The van der Waals surface area contributed by atoms with E-state index in [1.165, 1.54) is 21.3 Å². The monoisotopic (exact) mass is 442 g/mol. The molecule has 1 saturated heterocycles. The van der Waals surface area contributed by atoms with Crippen molar-refractivity contribution in [2.45, 2.75) is 18.9 Å². The SMILES string of the molecule is COc1cc(C(=O)NC2CCN(C(=O)c3ccc4c(c3)OCO4)CC2)cc(OC)c1OC. The van der Waals surface area contributed by atoms with Crippen molar-refractivity contribution in [2.24, 2.45) is 0 Å². The van der Waals surface area contributed by atoms with E-state index < -0.39 is 0 Å². The number of nitrogens with zero attached hydrogens (tertiary/aromatic N) is 1. The van der Waals surface area contributed by atoms with Crippen LogP contribution in [0.3, 0.4) is 0 Å². The fraction of sp³-hybridized carbons (Fsp3) is 0.391. The molecule has 0 atom stereocenters. The van der Waals surface area contributed by atoms with Gasteiger partial charge in [-0.2, -0.15) is 0 Å². The number of hydrogen-bond donors (Lipinski definition) is 1. The number of carbonyl (C=O) groups excluding carboxylic acids is 2. The molecular formula is C23H26N2O7. The first-order valence-electron chi connectivity index (χ1n) is 10.3. The number of likely N-dealkylation sites (tertiary alicyclic amines) is 1. The molecule has 32 heavy (non-hydrogen) atoms. The molecule has 0 saturated carbocycles. The molecule has 2 aromatic rings. The summed E-state index contributed by atoms with van der Waals surface area (Å²) in [5.74, 6) is 2.21. The number of amides is 2. The summed E-state index contributed by atoms with van der Waals surface area (Å²) in [6, 6.07) is 8.41. The normalized spacial score (nSPS) is 15.3. The number of fused-ring (bicyclic) bond motifs is 1. The lowest BCUT2D eigenvalue weighted by atomic mass is 10.0. The van der Waals surface area contributed by atoms with Crippen molar-refractivity contribution in [3.8, 4) is 28.7 Å². The van der Waals surface area contributed by atoms with Gasteiger partial charge in [-0.05, 0) is 43.2 Å². The van der Waals surface area contributed by atoms with Gasteiger partial charge in [-0.3, -0.25) is 9.59 Å². The molecule has 170 valence electrons. The third-order valence-corrected chi connectivity index (χ3v) is 5.66. The number of hydrogen-bond acceptors (Lipinski definition) is 7. The van der Waals surface area contributed by atoms with Gasteiger partial charge in [-0.1, -0.05) is 0 Å². The lowest BCUT2D eigenvalue weighted by molar-refractivity contribution is 0.0697. The van der Waals surface area contributed by atoms with E-state index in [2.05, 4.69) is 5.32 Å². The smallest absolute Gasteiger partial charge is 0.253 e. The Bertz CT molecular complexity index is 990. The van der Waals surface area contributed by atoms with E-state index in [0.29, 0.717) is 65.8 Å². The quantitative estimate of drug-likeness (QED) is 0.734. The number of nitrogens with one attached hydrogen (secondary N) is 1. The molecule has 0 aliphatic carbocycles. The molecule has 0 unspecified atom stereocenters. The zero-order valence-electron chi connectivity index (χ0n) is 18.3. The van der Waals surface area contributed by atoms with Crippen molar-refractivity contribution < 1.29 is 33.3 Å². The maximum Gasteiger partial charge on any atom is 0.253 e. The van der Waals surface area contributed by atoms with Crippen LogP contribution in [0.5, 0.6) is 28.7 Å². The Hall–Kier alpha value is -3.62. The van der Waals surface area contributed by atoms with Crippen LogP contribution in [-0.4, -0.2) is 64.0 Å². The molecule has 1 N–H and O–H groups in total. The van der Waals surface area contributed by atoms with Crippen molar-refractivity contribution >= 4 is 11.8 Å². The van der Waals surface area contributed by atoms with E-state index in [9.17, 15) is 9.59 Å². The van der Waals surface area contributed by atoms with E-state index >= 15 is 0 Å². The fourth-order valence-corrected chi connectivity index (χ4v) is 3.92. The molecule has 2 amide bonds. The Morgan fingerprint density at radius 3 is 2.19 bits per heavy atom. The van der Waals surface area contributed by atoms with Crippen LogP contribution in [-0.2, 0) is 0 Å². The number of benzene rings is 2. The first kappa shape index (κ1) is 21.6. The van der Waals surface area contributed by atoms with Gasteiger partial charge in [0, 0.05) is 30.3 Å². The zero-order chi connectivity index (χ0) is 22.7. The van der Waals surface area contributed by atoms with Crippen LogP contribution >= 0.6 is 0 Å². The van der Waals surface area contributed by atoms with Crippen LogP contribution in [0.15, 0.2) is 30.3 Å². The highest BCUT2D eigenvalue weighted by molar-refractivity contribution is 5.96. The van der Waals surface area contributed by atoms with Crippen LogP contribution < -0.4 is 29.0 Å². The van der Waals surface area contributed by atoms with Gasteiger partial charge in [-0.15, -0.1) is 0 Å². The Morgan fingerprint density at radius 1 is 0.906 bits per heavy atom. The zero-order valence-corrected chi connectivity index (χ0v) is 18.3. The summed E-state index contributed by atoms with van der Waals surface area (Å²) >= 11 is 0. The molecule has 2 aromatic carbocycles. The summed E-state index contributed by atoms with van der Waals surface area (Å²) in [5.41, 5.74) is 0.979. The third kappa shape index (κ3) is 4.23. The molecule has 9 nitrogen and oxygen atoms in total. The summed E-state index contributed by atoms with van der Waals surface area (Å²) in [5, 5.41) is 3.04. The van der Waals surface area contributed by atoms with E-state index in [0.717, 1.165) is 0 Å². The molecule has 0 bridgehead atoms. The van der Waals surface area contributed by atoms with Crippen molar-refractivity contribution in [1.29, 1.82) is 0 Å². The summed E-state index contributed by atoms with van der Waals surface area (Å²) in [6.07, 6.45) is 1.32. The topological polar surface area (TPSA) is 95.6 Å². The molecule has 0 radical (unpaired) electrons. The number of carbonyl (C=O) groups is 2. The number of ether oxygens (including phenoxy) is 5. The van der Waals surface area contributed by atoms with Gasteiger partial charge in [0.25, 0.3) is 11.8 Å². The van der Waals surface area contributed by atoms with E-state index in [4.69, 9.17) is 23.7 Å². The number of methoxy groups -OCH3 is 3. The maximum atomic E-state index is 12.9. The predicted octanol–water partition coefficient (Wildman–Crippen LogP) is 2.48. The van der Waals surface area contributed by atoms with Crippen molar-refractivity contribution in [3.05, 3.63) is 41.5 Å². The second kappa shape index (κ2) is 9.25. The minimum atomic E-state index is -0.232. The molecule has 2 aliphatic heterocycles. The number of piperidine rings is 1. The summed E-state index contributed by atoms with van der Waals surface area (Å²) in [6.45, 7) is 1.27. The van der Waals surface area contributed by atoms with Gasteiger partial charge < -0.3 is 33.9 Å². The molecule has 0 spiro atoms. The highest BCUT2D eigenvalue weighted by atomic mass is 16.7.